The number of benzene rings is 4. The van der Waals surface area contributed by atoms with Crippen molar-refractivity contribution in [3.8, 4) is 23.0 Å². The topological polar surface area (TPSA) is 36.9 Å². The molecule has 0 aliphatic carbocycles. The van der Waals surface area contributed by atoms with Crippen molar-refractivity contribution in [2.45, 2.75) is 7.43 Å². The van der Waals surface area contributed by atoms with Crippen molar-refractivity contribution in [1.82, 2.24) is 18.7 Å². The maximum absolute atomic E-state index is 6.29. The van der Waals surface area contributed by atoms with E-state index in [0.717, 1.165) is 44.3 Å². The van der Waals surface area contributed by atoms with Crippen molar-refractivity contribution in [2.75, 3.05) is 0 Å². The van der Waals surface area contributed by atoms with Crippen LogP contribution in [-0.4, -0.2) is 18.7 Å². The van der Waals surface area contributed by atoms with Crippen molar-refractivity contribution >= 4 is 32.8 Å². The van der Waals surface area contributed by atoms with E-state index >= 15 is 0 Å². The fourth-order valence-electron chi connectivity index (χ4n) is 4.87. The van der Waals surface area contributed by atoms with Gasteiger partial charge in [0.2, 0.25) is 0 Å². The minimum absolute atomic E-state index is 0. The molecule has 0 spiro atoms. The van der Waals surface area contributed by atoms with E-state index in [1.54, 1.807) is 0 Å². The molecule has 0 bridgehead atoms. The van der Waals surface area contributed by atoms with Crippen molar-refractivity contribution < 1.29 is 25.8 Å². The number of pyridine rings is 1. The zero-order valence-corrected chi connectivity index (χ0v) is 22.2. The number of imidazole rings is 1. The second-order valence-electron chi connectivity index (χ2n) is 8.71. The van der Waals surface area contributed by atoms with E-state index < -0.39 is 0 Å². The Labute approximate surface area is 235 Å². The average Bonchev–Trinajstić information content (AvgIpc) is 3.44. The molecule has 3 aromatic heterocycles. The van der Waals surface area contributed by atoms with Crippen molar-refractivity contribution in [2.24, 2.45) is 7.05 Å². The monoisotopic (exact) mass is 676 g/mol. The van der Waals surface area contributed by atoms with Gasteiger partial charge < -0.3 is 9.30 Å². The molecule has 3 heterocycles. The normalized spacial score (nSPS) is 10.9. The SMILES string of the molecule is C.Cn1[cH+]n(-c2[c-]c(Oc3[c-]c4c(cc3)c3ccccc3n4-c3ccccn3)ccc2)c2ccccc21.[Pt]. The summed E-state index contributed by atoms with van der Waals surface area (Å²) < 4.78 is 12.6. The molecule has 7 rings (SSSR count). The summed E-state index contributed by atoms with van der Waals surface area (Å²) in [7, 11) is 2.05. The molecule has 0 unspecified atom stereocenters. The number of hydrogen-bond donors (Lipinski definition) is 0. The van der Waals surface area contributed by atoms with Crippen LogP contribution >= 0.6 is 0 Å². The van der Waals surface area contributed by atoms with Crippen LogP contribution in [0.25, 0.3) is 44.3 Å². The first-order valence-electron chi connectivity index (χ1n) is 11.8. The van der Waals surface area contributed by atoms with Crippen molar-refractivity contribution in [1.29, 1.82) is 0 Å². The summed E-state index contributed by atoms with van der Waals surface area (Å²) in [6.07, 6.45) is 3.87. The Morgan fingerprint density at radius 2 is 1.45 bits per heavy atom. The van der Waals surface area contributed by atoms with Gasteiger partial charge in [-0.2, -0.15) is 12.1 Å². The molecule has 0 atom stereocenters. The van der Waals surface area contributed by atoms with Gasteiger partial charge in [0.05, 0.1) is 0 Å². The number of para-hydroxylation sites is 3. The molecular formula is C32H25N4OPt-. The Kier molecular flexibility index (Phi) is 6.88. The van der Waals surface area contributed by atoms with Gasteiger partial charge in [0.15, 0.2) is 17.4 Å². The predicted molar refractivity (Wildman–Crippen MR) is 150 cm³/mol. The minimum Gasteiger partial charge on any atom is -0.508 e. The molecule has 0 aliphatic heterocycles. The van der Waals surface area contributed by atoms with Gasteiger partial charge in [0.25, 0.3) is 0 Å². The Hall–Kier alpha value is -4.21. The first-order valence-corrected chi connectivity index (χ1v) is 11.8. The maximum Gasteiger partial charge on any atom is 0.188 e. The van der Waals surface area contributed by atoms with Gasteiger partial charge in [-0.15, -0.1) is 29.7 Å². The van der Waals surface area contributed by atoms with Gasteiger partial charge >= 0.3 is 0 Å². The molecule has 0 fully saturated rings. The Morgan fingerprint density at radius 3 is 2.26 bits per heavy atom. The van der Waals surface area contributed by atoms with E-state index in [4.69, 9.17) is 4.74 Å². The van der Waals surface area contributed by atoms with Crippen LogP contribution in [0.5, 0.6) is 11.5 Å². The average molecular weight is 677 g/mol. The van der Waals surface area contributed by atoms with E-state index in [2.05, 4.69) is 73.5 Å². The minimum atomic E-state index is 0. The van der Waals surface area contributed by atoms with E-state index in [-0.39, 0.29) is 28.5 Å². The van der Waals surface area contributed by atoms with Crippen molar-refractivity contribution in [3.63, 3.8) is 0 Å². The molecule has 5 nitrogen and oxygen atoms in total. The predicted octanol–water partition coefficient (Wildman–Crippen LogP) is 7.77. The molecule has 6 heteroatoms. The van der Waals surface area contributed by atoms with Crippen LogP contribution < -0.4 is 4.74 Å². The summed E-state index contributed by atoms with van der Waals surface area (Å²) in [6.45, 7) is 0. The number of aromatic nitrogens is 4. The summed E-state index contributed by atoms with van der Waals surface area (Å²) >= 11 is 0. The quantitative estimate of drug-likeness (QED) is 0.179. The van der Waals surface area contributed by atoms with Gasteiger partial charge in [0, 0.05) is 69.1 Å². The largest absolute Gasteiger partial charge is 0.508 e. The van der Waals surface area contributed by atoms with Crippen molar-refractivity contribution in [3.05, 3.63) is 122 Å². The van der Waals surface area contributed by atoms with Crippen LogP contribution in [0.3, 0.4) is 0 Å². The molecular weight excluding hydrogens is 651 g/mol. The number of ether oxygens (including phenoxy) is 1. The van der Waals surface area contributed by atoms with Gasteiger partial charge in [-0.05, 0) is 35.7 Å². The standard InChI is InChI=1S/C31H21N4O.CH4.Pt/c1-33-21-34(29-14-5-4-13-28(29)33)22-9-8-10-23(19-22)36-24-16-17-26-25-11-2-3-12-27(25)35(30(26)20-24)31-15-6-7-18-32-31;;/h2-18,21H,1H3;1H4;/q-1;;. The summed E-state index contributed by atoms with van der Waals surface area (Å²) in [5.41, 5.74) is 5.18. The van der Waals surface area contributed by atoms with Crippen LogP contribution in [-0.2, 0) is 28.1 Å². The molecule has 7 aromatic rings. The Balaban J connectivity index is 0.00000147. The first kappa shape index (κ1) is 25.4. The second-order valence-corrected chi connectivity index (χ2v) is 8.71. The molecule has 0 radical (unpaired) electrons. The van der Waals surface area contributed by atoms with Gasteiger partial charge in [-0.25, -0.2) is 14.1 Å². The summed E-state index contributed by atoms with van der Waals surface area (Å²) in [5, 5.41) is 2.26. The molecule has 0 saturated heterocycles. The zero-order chi connectivity index (χ0) is 24.1. The van der Waals surface area contributed by atoms with E-state index in [0.29, 0.717) is 11.5 Å². The van der Waals surface area contributed by atoms with Gasteiger partial charge in [-0.3, -0.25) is 0 Å². The van der Waals surface area contributed by atoms with E-state index in [1.807, 2.05) is 73.9 Å². The van der Waals surface area contributed by atoms with Crippen LogP contribution in [0, 0.1) is 12.1 Å². The van der Waals surface area contributed by atoms with Crippen LogP contribution in [0.4, 0.5) is 0 Å². The second kappa shape index (κ2) is 10.3. The third-order valence-corrected chi connectivity index (χ3v) is 6.48. The summed E-state index contributed by atoms with van der Waals surface area (Å²) in [4.78, 5) is 4.60. The van der Waals surface area contributed by atoms with E-state index in [1.165, 1.54) is 0 Å². The fraction of sp³-hybridized carbons (Fsp3) is 0.0625. The van der Waals surface area contributed by atoms with Gasteiger partial charge in [-0.1, -0.05) is 43.3 Å². The Bertz CT molecular complexity index is 1890. The third-order valence-electron chi connectivity index (χ3n) is 6.48. The van der Waals surface area contributed by atoms with Crippen LogP contribution in [0.15, 0.2) is 110 Å². The molecule has 190 valence electrons. The number of aryl methyl sites for hydroxylation is 1. The maximum atomic E-state index is 6.29. The van der Waals surface area contributed by atoms with Crippen LogP contribution in [0.1, 0.15) is 7.43 Å². The number of nitrogens with zero attached hydrogens (tertiary/aromatic N) is 4. The smallest absolute Gasteiger partial charge is 0.188 e. The number of fused-ring (bicyclic) bond motifs is 4. The number of rotatable bonds is 4. The fourth-order valence-corrected chi connectivity index (χ4v) is 4.87. The summed E-state index contributed by atoms with van der Waals surface area (Å²) in [6, 6.07) is 39.5. The zero-order valence-electron chi connectivity index (χ0n) is 19.9. The first-order chi connectivity index (χ1) is 17.8. The van der Waals surface area contributed by atoms with E-state index in [9.17, 15) is 0 Å². The van der Waals surface area contributed by atoms with Crippen LogP contribution in [0.2, 0.25) is 0 Å². The Morgan fingerprint density at radius 1 is 0.711 bits per heavy atom. The molecule has 0 aliphatic rings. The van der Waals surface area contributed by atoms with Gasteiger partial charge in [0.1, 0.15) is 5.82 Å². The molecule has 0 amide bonds. The summed E-state index contributed by atoms with van der Waals surface area (Å²) in [5.74, 6) is 2.10. The molecule has 38 heavy (non-hydrogen) atoms. The number of hydrogen-bond acceptors (Lipinski definition) is 2. The third kappa shape index (κ3) is 4.19. The molecule has 4 aromatic carbocycles. The molecule has 0 saturated carbocycles. The molecule has 0 N–H and O–H groups in total.